The predicted molar refractivity (Wildman–Crippen MR) is 74.1 cm³/mol. The number of hydrogen-bond acceptors (Lipinski definition) is 4. The van der Waals surface area contributed by atoms with Crippen molar-refractivity contribution >= 4 is 11.7 Å². The summed E-state index contributed by atoms with van der Waals surface area (Å²) in [5.74, 6) is -0.377. The van der Waals surface area contributed by atoms with Crippen LogP contribution in [0.15, 0.2) is 18.2 Å². The SMILES string of the molecule is CC(=O)c1cccc(C(=O)NCCCCCCN)n1. The third-order valence-electron chi connectivity index (χ3n) is 2.76. The molecule has 1 rings (SSSR count). The van der Waals surface area contributed by atoms with Crippen LogP contribution in [0.1, 0.15) is 53.6 Å². The van der Waals surface area contributed by atoms with E-state index in [1.54, 1.807) is 18.2 Å². The van der Waals surface area contributed by atoms with Crippen LogP contribution in [-0.4, -0.2) is 29.8 Å². The number of aromatic nitrogens is 1. The highest BCUT2D eigenvalue weighted by atomic mass is 16.2. The third-order valence-corrected chi connectivity index (χ3v) is 2.76. The monoisotopic (exact) mass is 263 g/mol. The van der Waals surface area contributed by atoms with E-state index in [0.717, 1.165) is 25.7 Å². The molecule has 19 heavy (non-hydrogen) atoms. The Morgan fingerprint density at radius 3 is 2.53 bits per heavy atom. The normalized spacial score (nSPS) is 10.2. The topological polar surface area (TPSA) is 85.1 Å². The molecule has 1 heterocycles. The molecule has 1 aromatic rings. The van der Waals surface area contributed by atoms with E-state index in [9.17, 15) is 9.59 Å². The maximum absolute atomic E-state index is 11.8. The van der Waals surface area contributed by atoms with Gasteiger partial charge in [0.25, 0.3) is 5.91 Å². The largest absolute Gasteiger partial charge is 0.351 e. The number of Topliss-reactive ketones (excluding diaryl/α,β-unsaturated/α-hetero) is 1. The highest BCUT2D eigenvalue weighted by Crippen LogP contribution is 2.01. The van der Waals surface area contributed by atoms with Gasteiger partial charge in [-0.25, -0.2) is 4.98 Å². The molecule has 0 aliphatic heterocycles. The lowest BCUT2D eigenvalue weighted by molar-refractivity contribution is 0.0947. The van der Waals surface area contributed by atoms with E-state index < -0.39 is 0 Å². The number of amides is 1. The van der Waals surface area contributed by atoms with Gasteiger partial charge in [0.15, 0.2) is 5.78 Å². The Bertz CT molecular complexity index is 432. The number of pyridine rings is 1. The average molecular weight is 263 g/mol. The first-order chi connectivity index (χ1) is 9.15. The van der Waals surface area contributed by atoms with E-state index in [1.807, 2.05) is 0 Å². The number of hydrogen-bond donors (Lipinski definition) is 2. The Hall–Kier alpha value is -1.75. The van der Waals surface area contributed by atoms with Gasteiger partial charge in [0.1, 0.15) is 11.4 Å². The quantitative estimate of drug-likeness (QED) is 0.550. The number of unbranched alkanes of at least 4 members (excludes halogenated alkanes) is 3. The molecule has 3 N–H and O–H groups in total. The van der Waals surface area contributed by atoms with Crippen molar-refractivity contribution in [2.24, 2.45) is 5.73 Å². The molecule has 0 aliphatic rings. The Labute approximate surface area is 113 Å². The zero-order chi connectivity index (χ0) is 14.1. The maximum Gasteiger partial charge on any atom is 0.269 e. The number of carbonyl (C=O) groups is 2. The van der Waals surface area contributed by atoms with Crippen molar-refractivity contribution in [3.63, 3.8) is 0 Å². The Balaban J connectivity index is 2.37. The summed E-state index contributed by atoms with van der Waals surface area (Å²) >= 11 is 0. The first kappa shape index (κ1) is 15.3. The summed E-state index contributed by atoms with van der Waals surface area (Å²) < 4.78 is 0. The molecule has 0 aromatic carbocycles. The minimum absolute atomic E-state index is 0.142. The van der Waals surface area contributed by atoms with Crippen LogP contribution < -0.4 is 11.1 Å². The smallest absolute Gasteiger partial charge is 0.269 e. The van der Waals surface area contributed by atoms with Gasteiger partial charge in [-0.05, 0) is 31.5 Å². The van der Waals surface area contributed by atoms with Gasteiger partial charge in [-0.15, -0.1) is 0 Å². The van der Waals surface area contributed by atoms with Gasteiger partial charge < -0.3 is 11.1 Å². The van der Waals surface area contributed by atoms with Crippen molar-refractivity contribution in [3.8, 4) is 0 Å². The second-order valence-corrected chi connectivity index (χ2v) is 4.42. The summed E-state index contributed by atoms with van der Waals surface area (Å²) in [6, 6.07) is 4.88. The summed E-state index contributed by atoms with van der Waals surface area (Å²) in [5, 5.41) is 2.80. The molecule has 5 nitrogen and oxygen atoms in total. The van der Waals surface area contributed by atoms with Crippen LogP contribution in [0.4, 0.5) is 0 Å². The van der Waals surface area contributed by atoms with Gasteiger partial charge in [-0.2, -0.15) is 0 Å². The first-order valence-corrected chi connectivity index (χ1v) is 6.61. The van der Waals surface area contributed by atoms with Gasteiger partial charge >= 0.3 is 0 Å². The summed E-state index contributed by atoms with van der Waals surface area (Å²) in [6.45, 7) is 2.77. The first-order valence-electron chi connectivity index (χ1n) is 6.61. The number of nitrogens with zero attached hydrogens (tertiary/aromatic N) is 1. The lowest BCUT2D eigenvalue weighted by Gasteiger charge is -2.05. The zero-order valence-corrected chi connectivity index (χ0v) is 11.3. The Morgan fingerprint density at radius 2 is 1.84 bits per heavy atom. The van der Waals surface area contributed by atoms with Crippen LogP contribution >= 0.6 is 0 Å². The fourth-order valence-corrected chi connectivity index (χ4v) is 1.67. The zero-order valence-electron chi connectivity index (χ0n) is 11.3. The fraction of sp³-hybridized carbons (Fsp3) is 0.500. The fourth-order valence-electron chi connectivity index (χ4n) is 1.67. The summed E-state index contributed by atoms with van der Waals surface area (Å²) in [6.07, 6.45) is 4.09. The van der Waals surface area contributed by atoms with Crippen LogP contribution in [0.2, 0.25) is 0 Å². The molecule has 104 valence electrons. The van der Waals surface area contributed by atoms with Gasteiger partial charge in [0, 0.05) is 13.5 Å². The van der Waals surface area contributed by atoms with Crippen molar-refractivity contribution in [1.29, 1.82) is 0 Å². The molecule has 0 saturated heterocycles. The highest BCUT2D eigenvalue weighted by Gasteiger charge is 2.08. The number of nitrogens with one attached hydrogen (secondary N) is 1. The summed E-state index contributed by atoms with van der Waals surface area (Å²) in [7, 11) is 0. The van der Waals surface area contributed by atoms with Crippen molar-refractivity contribution in [2.75, 3.05) is 13.1 Å². The van der Waals surface area contributed by atoms with Gasteiger partial charge in [0.2, 0.25) is 0 Å². The van der Waals surface area contributed by atoms with Gasteiger partial charge in [-0.1, -0.05) is 18.9 Å². The molecule has 0 fully saturated rings. The van der Waals surface area contributed by atoms with Gasteiger partial charge in [-0.3, -0.25) is 9.59 Å². The van der Waals surface area contributed by atoms with Crippen LogP contribution in [-0.2, 0) is 0 Å². The maximum atomic E-state index is 11.8. The predicted octanol–water partition coefficient (Wildman–Crippen LogP) is 1.53. The van der Waals surface area contributed by atoms with E-state index in [-0.39, 0.29) is 17.4 Å². The second kappa shape index (κ2) is 8.37. The van der Waals surface area contributed by atoms with E-state index >= 15 is 0 Å². The van der Waals surface area contributed by atoms with Gasteiger partial charge in [0.05, 0.1) is 0 Å². The number of carbonyl (C=O) groups excluding carboxylic acids is 2. The minimum Gasteiger partial charge on any atom is -0.351 e. The highest BCUT2D eigenvalue weighted by molar-refractivity contribution is 5.96. The van der Waals surface area contributed by atoms with E-state index in [4.69, 9.17) is 5.73 Å². The molecular formula is C14H21N3O2. The second-order valence-electron chi connectivity index (χ2n) is 4.42. The molecule has 0 spiro atoms. The molecule has 0 atom stereocenters. The molecular weight excluding hydrogens is 242 g/mol. The van der Waals surface area contributed by atoms with Crippen LogP contribution in [0.5, 0.6) is 0 Å². The average Bonchev–Trinajstić information content (AvgIpc) is 2.42. The standard InChI is InChI=1S/C14H21N3O2/c1-11(18)12-7-6-8-13(17-12)14(19)16-10-5-3-2-4-9-15/h6-8H,2-5,9-10,15H2,1H3,(H,16,19). The molecule has 0 radical (unpaired) electrons. The lowest BCUT2D eigenvalue weighted by atomic mass is 10.2. The van der Waals surface area contributed by atoms with E-state index in [1.165, 1.54) is 6.92 Å². The van der Waals surface area contributed by atoms with Crippen molar-refractivity contribution < 1.29 is 9.59 Å². The van der Waals surface area contributed by atoms with Crippen LogP contribution in [0, 0.1) is 0 Å². The number of ketones is 1. The van der Waals surface area contributed by atoms with Crippen molar-refractivity contribution in [1.82, 2.24) is 10.3 Å². The van der Waals surface area contributed by atoms with Crippen LogP contribution in [0.3, 0.4) is 0 Å². The van der Waals surface area contributed by atoms with Crippen molar-refractivity contribution in [3.05, 3.63) is 29.6 Å². The molecule has 0 unspecified atom stereocenters. The molecule has 0 aliphatic carbocycles. The Kier molecular flexibility index (Phi) is 6.74. The lowest BCUT2D eigenvalue weighted by Crippen LogP contribution is -2.25. The minimum atomic E-state index is -0.234. The molecule has 0 saturated carbocycles. The number of rotatable bonds is 8. The molecule has 0 bridgehead atoms. The number of nitrogens with two attached hydrogens (primary N) is 1. The summed E-state index contributed by atoms with van der Waals surface area (Å²) in [5.41, 5.74) is 6.00. The van der Waals surface area contributed by atoms with Crippen LogP contribution in [0.25, 0.3) is 0 Å². The van der Waals surface area contributed by atoms with Crippen molar-refractivity contribution in [2.45, 2.75) is 32.6 Å². The molecule has 5 heteroatoms. The molecule has 1 aromatic heterocycles. The molecule has 1 amide bonds. The third kappa shape index (κ3) is 5.61. The van der Waals surface area contributed by atoms with E-state index in [0.29, 0.717) is 18.8 Å². The summed E-state index contributed by atoms with van der Waals surface area (Å²) in [4.78, 5) is 27.0. The van der Waals surface area contributed by atoms with E-state index in [2.05, 4.69) is 10.3 Å². The Morgan fingerprint density at radius 1 is 1.16 bits per heavy atom.